The fourth-order valence-electron chi connectivity index (χ4n) is 1.25. The molecule has 0 aromatic heterocycles. The smallest absolute Gasteiger partial charge is 0.160 e. The van der Waals surface area contributed by atoms with Crippen LogP contribution in [0.3, 0.4) is 0 Å². The summed E-state index contributed by atoms with van der Waals surface area (Å²) in [7, 11) is 0. The van der Waals surface area contributed by atoms with Gasteiger partial charge < -0.3 is 0 Å². The van der Waals surface area contributed by atoms with Crippen LogP contribution in [0.15, 0.2) is 11.6 Å². The van der Waals surface area contributed by atoms with Gasteiger partial charge in [-0.3, -0.25) is 0 Å². The molecular formula is C8H10ClF3S. The van der Waals surface area contributed by atoms with Crippen molar-refractivity contribution in [2.45, 2.75) is 30.1 Å². The molecule has 0 heterocycles. The quantitative estimate of drug-likeness (QED) is 0.523. The van der Waals surface area contributed by atoms with Crippen molar-refractivity contribution in [1.29, 1.82) is 0 Å². The third-order valence-electron chi connectivity index (χ3n) is 1.85. The van der Waals surface area contributed by atoms with Crippen LogP contribution >= 0.6 is 23.4 Å². The van der Waals surface area contributed by atoms with E-state index in [9.17, 15) is 13.2 Å². The normalized spacial score (nSPS) is 23.4. The van der Waals surface area contributed by atoms with E-state index >= 15 is 0 Å². The molecule has 0 amide bonds. The average Bonchev–Trinajstić information content (AvgIpc) is 2.33. The molecule has 0 fully saturated rings. The van der Waals surface area contributed by atoms with Crippen LogP contribution in [-0.4, -0.2) is 16.6 Å². The van der Waals surface area contributed by atoms with Gasteiger partial charge in [0.15, 0.2) is 0 Å². The second-order valence-corrected chi connectivity index (χ2v) is 4.64. The zero-order valence-electron chi connectivity index (χ0n) is 6.90. The zero-order valence-corrected chi connectivity index (χ0v) is 8.48. The number of thioether (sulfide) groups is 1. The summed E-state index contributed by atoms with van der Waals surface area (Å²) in [6.45, 7) is 0. The maximum Gasteiger partial charge on any atom is 0.441 e. The lowest BCUT2D eigenvalue weighted by molar-refractivity contribution is -0.0327. The van der Waals surface area contributed by atoms with Crippen LogP contribution in [0, 0.1) is 0 Å². The highest BCUT2D eigenvalue weighted by atomic mass is 35.5. The molecule has 1 aliphatic rings. The average molecular weight is 231 g/mol. The summed E-state index contributed by atoms with van der Waals surface area (Å²) in [4.78, 5) is 0. The Hall–Kier alpha value is 0.170. The maximum absolute atomic E-state index is 11.7. The first-order chi connectivity index (χ1) is 5.97. The van der Waals surface area contributed by atoms with E-state index in [0.717, 1.165) is 18.4 Å². The van der Waals surface area contributed by atoms with E-state index < -0.39 is 5.51 Å². The number of hydrogen-bond donors (Lipinski definition) is 0. The number of alkyl halides is 4. The fraction of sp³-hybridized carbons (Fsp3) is 0.750. The van der Waals surface area contributed by atoms with Crippen LogP contribution in [-0.2, 0) is 0 Å². The second kappa shape index (κ2) is 4.60. The largest absolute Gasteiger partial charge is 0.441 e. The summed E-state index contributed by atoms with van der Waals surface area (Å²) < 4.78 is 35.2. The van der Waals surface area contributed by atoms with Gasteiger partial charge >= 0.3 is 5.51 Å². The Balaban J connectivity index is 2.17. The first kappa shape index (κ1) is 11.2. The zero-order chi connectivity index (χ0) is 9.90. The summed E-state index contributed by atoms with van der Waals surface area (Å²) in [6, 6.07) is 0. The van der Waals surface area contributed by atoms with Crippen LogP contribution in [0.5, 0.6) is 0 Å². The Kier molecular flexibility index (Phi) is 3.98. The Morgan fingerprint density at radius 1 is 1.54 bits per heavy atom. The second-order valence-electron chi connectivity index (χ2n) is 2.92. The fourth-order valence-corrected chi connectivity index (χ4v) is 2.13. The molecule has 0 saturated heterocycles. The van der Waals surface area contributed by atoms with Gasteiger partial charge in [0.1, 0.15) is 0 Å². The van der Waals surface area contributed by atoms with Crippen LogP contribution in [0.2, 0.25) is 0 Å². The molecule has 0 bridgehead atoms. The molecule has 1 atom stereocenters. The molecule has 0 spiro atoms. The van der Waals surface area contributed by atoms with Gasteiger partial charge in [-0.05, 0) is 19.3 Å². The van der Waals surface area contributed by atoms with Crippen molar-refractivity contribution in [2.75, 3.05) is 5.75 Å². The van der Waals surface area contributed by atoms with E-state index in [4.69, 9.17) is 11.6 Å². The molecule has 0 nitrogen and oxygen atoms in total. The number of allylic oxidation sites excluding steroid dienone is 2. The lowest BCUT2D eigenvalue weighted by Crippen LogP contribution is -2.01. The molecule has 1 rings (SSSR count). The van der Waals surface area contributed by atoms with E-state index in [0.29, 0.717) is 6.42 Å². The van der Waals surface area contributed by atoms with Crippen molar-refractivity contribution >= 4 is 23.4 Å². The van der Waals surface area contributed by atoms with Crippen molar-refractivity contribution in [3.63, 3.8) is 0 Å². The minimum atomic E-state index is -4.10. The topological polar surface area (TPSA) is 0 Å². The predicted molar refractivity (Wildman–Crippen MR) is 50.1 cm³/mol. The maximum atomic E-state index is 11.7. The van der Waals surface area contributed by atoms with Gasteiger partial charge in [0, 0.05) is 5.75 Å². The van der Waals surface area contributed by atoms with Crippen molar-refractivity contribution in [3.05, 3.63) is 11.6 Å². The molecular weight excluding hydrogens is 221 g/mol. The van der Waals surface area contributed by atoms with Gasteiger partial charge in [-0.1, -0.05) is 23.4 Å². The highest BCUT2D eigenvalue weighted by Crippen LogP contribution is 2.33. The van der Waals surface area contributed by atoms with Crippen molar-refractivity contribution < 1.29 is 13.2 Å². The summed E-state index contributed by atoms with van der Waals surface area (Å²) in [5.74, 6) is 0.110. The Morgan fingerprint density at radius 3 is 2.69 bits per heavy atom. The Morgan fingerprint density at radius 2 is 2.23 bits per heavy atom. The molecule has 0 aromatic rings. The first-order valence-corrected chi connectivity index (χ1v) is 5.44. The molecule has 1 aliphatic carbocycles. The van der Waals surface area contributed by atoms with Gasteiger partial charge in [-0.15, -0.1) is 11.6 Å². The minimum Gasteiger partial charge on any atom is -0.160 e. The SMILES string of the molecule is FC(F)(F)SCCC1=CC(Cl)CC1. The van der Waals surface area contributed by atoms with Gasteiger partial charge in [0.05, 0.1) is 5.38 Å². The summed E-state index contributed by atoms with van der Waals surface area (Å²) in [6.07, 6.45) is 4.10. The molecule has 0 saturated carbocycles. The Bertz CT molecular complexity index is 200. The molecule has 76 valence electrons. The summed E-state index contributed by atoms with van der Waals surface area (Å²) in [5.41, 5.74) is -3.03. The van der Waals surface area contributed by atoms with Crippen molar-refractivity contribution in [1.82, 2.24) is 0 Å². The number of rotatable bonds is 3. The van der Waals surface area contributed by atoms with E-state index in [1.807, 2.05) is 6.08 Å². The molecule has 1 unspecified atom stereocenters. The van der Waals surface area contributed by atoms with Gasteiger partial charge in [-0.2, -0.15) is 13.2 Å². The molecule has 0 N–H and O–H groups in total. The third kappa shape index (κ3) is 4.81. The van der Waals surface area contributed by atoms with Crippen LogP contribution in [0.4, 0.5) is 13.2 Å². The highest BCUT2D eigenvalue weighted by Gasteiger charge is 2.27. The third-order valence-corrected chi connectivity index (χ3v) is 2.93. The highest BCUT2D eigenvalue weighted by molar-refractivity contribution is 8.00. The Labute approximate surface area is 84.5 Å². The van der Waals surface area contributed by atoms with E-state index in [1.54, 1.807) is 0 Å². The predicted octanol–water partition coefficient (Wildman–Crippen LogP) is 3.96. The first-order valence-electron chi connectivity index (χ1n) is 4.02. The summed E-state index contributed by atoms with van der Waals surface area (Å²) in [5, 5.41) is 0.0332. The minimum absolute atomic E-state index is 0.0332. The molecule has 13 heavy (non-hydrogen) atoms. The van der Waals surface area contributed by atoms with Gasteiger partial charge in [0.2, 0.25) is 0 Å². The van der Waals surface area contributed by atoms with Gasteiger partial charge in [-0.25, -0.2) is 0 Å². The molecule has 0 radical (unpaired) electrons. The van der Waals surface area contributed by atoms with Crippen LogP contribution < -0.4 is 0 Å². The van der Waals surface area contributed by atoms with Crippen LogP contribution in [0.25, 0.3) is 0 Å². The number of halogens is 4. The number of hydrogen-bond acceptors (Lipinski definition) is 1. The van der Waals surface area contributed by atoms with E-state index in [2.05, 4.69) is 0 Å². The molecule has 5 heteroatoms. The van der Waals surface area contributed by atoms with Crippen molar-refractivity contribution in [2.24, 2.45) is 0 Å². The standard InChI is InChI=1S/C8H10ClF3S/c9-7-2-1-6(5-7)3-4-13-8(10,11)12/h5,7H,1-4H2. The molecule has 0 aromatic carbocycles. The van der Waals surface area contributed by atoms with E-state index in [1.165, 1.54) is 0 Å². The van der Waals surface area contributed by atoms with Crippen molar-refractivity contribution in [3.8, 4) is 0 Å². The lowest BCUT2D eigenvalue weighted by Gasteiger charge is -2.05. The van der Waals surface area contributed by atoms with E-state index in [-0.39, 0.29) is 22.9 Å². The van der Waals surface area contributed by atoms with Gasteiger partial charge in [0.25, 0.3) is 0 Å². The monoisotopic (exact) mass is 230 g/mol. The van der Waals surface area contributed by atoms with Crippen LogP contribution in [0.1, 0.15) is 19.3 Å². The molecule has 0 aliphatic heterocycles. The summed E-state index contributed by atoms with van der Waals surface area (Å²) >= 11 is 5.81. The lowest BCUT2D eigenvalue weighted by atomic mass is 10.2.